The first-order chi connectivity index (χ1) is 8.28. The first kappa shape index (κ1) is 12.1. The monoisotopic (exact) mass is 239 g/mol. The van der Waals surface area contributed by atoms with E-state index in [-0.39, 0.29) is 11.7 Å². The first-order valence-corrected chi connectivity index (χ1v) is 5.81. The zero-order valence-electron chi connectivity index (χ0n) is 9.86. The summed E-state index contributed by atoms with van der Waals surface area (Å²) in [6.07, 6.45) is 0.725. The van der Waals surface area contributed by atoms with Gasteiger partial charge in [0.1, 0.15) is 11.6 Å². The maximum atomic E-state index is 11.3. The van der Waals surface area contributed by atoms with Gasteiger partial charge in [-0.15, -0.1) is 0 Å². The minimum atomic E-state index is -0.139. The Labute approximate surface area is 99.4 Å². The molecule has 94 valence electrons. The van der Waals surface area contributed by atoms with Gasteiger partial charge in [-0.05, 0) is 0 Å². The summed E-state index contributed by atoms with van der Waals surface area (Å²) in [5, 5.41) is 3.09. The van der Waals surface area contributed by atoms with Crippen molar-refractivity contribution in [1.82, 2.24) is 9.97 Å². The number of aryl methyl sites for hydroxylation is 1. The number of H-pyrrole nitrogens is 1. The van der Waals surface area contributed by atoms with Gasteiger partial charge in [0.25, 0.3) is 5.56 Å². The molecule has 1 aromatic heterocycles. The number of nitrogens with one attached hydrogen (secondary N) is 2. The lowest BCUT2D eigenvalue weighted by Crippen LogP contribution is -2.34. The van der Waals surface area contributed by atoms with Crippen LogP contribution in [0.15, 0.2) is 10.9 Å². The van der Waals surface area contributed by atoms with Gasteiger partial charge < -0.3 is 19.8 Å². The van der Waals surface area contributed by atoms with Crippen molar-refractivity contribution in [3.05, 3.63) is 22.2 Å². The molecule has 0 radical (unpaired) electrons. The third-order valence-electron chi connectivity index (χ3n) is 2.52. The van der Waals surface area contributed by atoms with E-state index >= 15 is 0 Å². The van der Waals surface area contributed by atoms with E-state index in [0.29, 0.717) is 44.4 Å². The average molecular weight is 239 g/mol. The van der Waals surface area contributed by atoms with Crippen molar-refractivity contribution in [2.75, 3.05) is 31.7 Å². The number of hydrogen-bond donors (Lipinski definition) is 2. The van der Waals surface area contributed by atoms with Gasteiger partial charge in [0.2, 0.25) is 0 Å². The van der Waals surface area contributed by atoms with E-state index in [1.807, 2.05) is 6.92 Å². The van der Waals surface area contributed by atoms with Gasteiger partial charge in [0.15, 0.2) is 0 Å². The minimum Gasteiger partial charge on any atom is -0.376 e. The fourth-order valence-corrected chi connectivity index (χ4v) is 1.64. The summed E-state index contributed by atoms with van der Waals surface area (Å²) in [5.41, 5.74) is -0.139. The maximum absolute atomic E-state index is 11.3. The number of ether oxygens (including phenoxy) is 2. The molecular weight excluding hydrogens is 222 g/mol. The van der Waals surface area contributed by atoms with E-state index in [0.717, 1.165) is 0 Å². The molecule has 2 N–H and O–H groups in total. The number of nitrogens with zero attached hydrogens (tertiary/aromatic N) is 1. The van der Waals surface area contributed by atoms with Crippen LogP contribution >= 0.6 is 0 Å². The molecule has 2 rings (SSSR count). The van der Waals surface area contributed by atoms with Crippen LogP contribution in [0.2, 0.25) is 0 Å². The Morgan fingerprint density at radius 2 is 2.47 bits per heavy atom. The summed E-state index contributed by atoms with van der Waals surface area (Å²) in [5.74, 6) is 1.26. The summed E-state index contributed by atoms with van der Waals surface area (Å²) >= 11 is 0. The third kappa shape index (κ3) is 3.54. The van der Waals surface area contributed by atoms with Crippen LogP contribution in [0.1, 0.15) is 12.7 Å². The van der Waals surface area contributed by atoms with E-state index in [2.05, 4.69) is 15.3 Å². The molecule has 0 aliphatic carbocycles. The second-order valence-electron chi connectivity index (χ2n) is 3.88. The fraction of sp³-hybridized carbons (Fsp3) is 0.636. The topological polar surface area (TPSA) is 76.2 Å². The zero-order valence-corrected chi connectivity index (χ0v) is 9.86. The van der Waals surface area contributed by atoms with E-state index in [9.17, 15) is 4.79 Å². The molecule has 1 aliphatic rings. The van der Waals surface area contributed by atoms with E-state index in [1.54, 1.807) is 0 Å². The Kier molecular flexibility index (Phi) is 4.11. The number of anilines is 1. The van der Waals surface area contributed by atoms with Crippen molar-refractivity contribution in [2.45, 2.75) is 19.4 Å². The van der Waals surface area contributed by atoms with Gasteiger partial charge in [-0.3, -0.25) is 4.79 Å². The zero-order chi connectivity index (χ0) is 12.1. The lowest BCUT2D eigenvalue weighted by atomic mass is 10.3. The van der Waals surface area contributed by atoms with Crippen LogP contribution in [-0.2, 0) is 15.9 Å². The first-order valence-electron chi connectivity index (χ1n) is 5.81. The number of hydrogen-bond acceptors (Lipinski definition) is 5. The van der Waals surface area contributed by atoms with Crippen LogP contribution in [0, 0.1) is 0 Å². The smallest absolute Gasteiger partial charge is 0.252 e. The molecule has 0 amide bonds. The second-order valence-corrected chi connectivity index (χ2v) is 3.88. The summed E-state index contributed by atoms with van der Waals surface area (Å²) in [4.78, 5) is 18.3. The van der Waals surface area contributed by atoms with Crippen molar-refractivity contribution in [3.8, 4) is 0 Å². The van der Waals surface area contributed by atoms with E-state index in [1.165, 1.54) is 6.07 Å². The van der Waals surface area contributed by atoms with E-state index < -0.39 is 0 Å². The molecule has 1 unspecified atom stereocenters. The molecule has 1 aromatic rings. The molecule has 0 saturated carbocycles. The highest BCUT2D eigenvalue weighted by molar-refractivity contribution is 5.33. The molecule has 6 heteroatoms. The molecule has 1 aliphatic heterocycles. The molecule has 6 nitrogen and oxygen atoms in total. The molecule has 0 spiro atoms. The highest BCUT2D eigenvalue weighted by atomic mass is 16.6. The lowest BCUT2D eigenvalue weighted by Gasteiger charge is -2.23. The van der Waals surface area contributed by atoms with Crippen LogP contribution in [0.5, 0.6) is 0 Å². The Hall–Kier alpha value is -1.40. The summed E-state index contributed by atoms with van der Waals surface area (Å²) < 4.78 is 10.8. The van der Waals surface area contributed by atoms with Crippen molar-refractivity contribution in [2.24, 2.45) is 0 Å². The molecule has 0 aromatic carbocycles. The average Bonchev–Trinajstić information content (AvgIpc) is 2.37. The number of aromatic amines is 1. The number of rotatable bonds is 4. The van der Waals surface area contributed by atoms with Crippen molar-refractivity contribution in [3.63, 3.8) is 0 Å². The SMILES string of the molecule is CCc1nc(NCC2COCCO2)cc(=O)[nH]1. The second kappa shape index (κ2) is 5.79. The van der Waals surface area contributed by atoms with Gasteiger partial charge in [0, 0.05) is 19.0 Å². The van der Waals surface area contributed by atoms with E-state index in [4.69, 9.17) is 9.47 Å². The lowest BCUT2D eigenvalue weighted by molar-refractivity contribution is -0.0819. The van der Waals surface area contributed by atoms with Gasteiger partial charge in [0.05, 0.1) is 25.9 Å². The predicted octanol–water partition coefficient (Wildman–Crippen LogP) is 0.160. The largest absolute Gasteiger partial charge is 0.376 e. The van der Waals surface area contributed by atoms with Gasteiger partial charge in [-0.2, -0.15) is 0 Å². The maximum Gasteiger partial charge on any atom is 0.252 e. The summed E-state index contributed by atoms with van der Waals surface area (Å²) in [7, 11) is 0. The van der Waals surface area contributed by atoms with Gasteiger partial charge in [-0.25, -0.2) is 4.98 Å². The van der Waals surface area contributed by atoms with Crippen LogP contribution in [0.4, 0.5) is 5.82 Å². The Morgan fingerprint density at radius 1 is 1.59 bits per heavy atom. The molecular formula is C11H17N3O3. The van der Waals surface area contributed by atoms with Crippen molar-refractivity contribution < 1.29 is 9.47 Å². The van der Waals surface area contributed by atoms with Crippen molar-refractivity contribution in [1.29, 1.82) is 0 Å². The quantitative estimate of drug-likeness (QED) is 0.782. The van der Waals surface area contributed by atoms with Gasteiger partial charge in [-0.1, -0.05) is 6.92 Å². The molecule has 0 bridgehead atoms. The Bertz CT molecular complexity index is 413. The highest BCUT2D eigenvalue weighted by Crippen LogP contribution is 2.04. The molecule has 2 heterocycles. The summed E-state index contributed by atoms with van der Waals surface area (Å²) in [6.45, 7) is 4.39. The standard InChI is InChI=1S/C11H17N3O3/c1-2-9-13-10(5-11(15)14-9)12-6-8-7-16-3-4-17-8/h5,8H,2-4,6-7H2,1H3,(H2,12,13,14,15). The minimum absolute atomic E-state index is 0.0231. The molecule has 1 fully saturated rings. The van der Waals surface area contributed by atoms with Crippen LogP contribution in [0.25, 0.3) is 0 Å². The predicted molar refractivity (Wildman–Crippen MR) is 63.3 cm³/mol. The molecule has 1 saturated heterocycles. The van der Waals surface area contributed by atoms with Gasteiger partial charge >= 0.3 is 0 Å². The fourth-order valence-electron chi connectivity index (χ4n) is 1.64. The third-order valence-corrected chi connectivity index (χ3v) is 2.52. The van der Waals surface area contributed by atoms with Crippen molar-refractivity contribution >= 4 is 5.82 Å². The molecule has 1 atom stereocenters. The normalized spacial score (nSPS) is 20.2. The Balaban J connectivity index is 1.93. The van der Waals surface area contributed by atoms with Crippen LogP contribution in [-0.4, -0.2) is 42.4 Å². The molecule has 17 heavy (non-hydrogen) atoms. The summed E-state index contributed by atoms with van der Waals surface area (Å²) in [6, 6.07) is 1.45. The Morgan fingerprint density at radius 3 is 3.18 bits per heavy atom. The number of aromatic nitrogens is 2. The van der Waals surface area contributed by atoms with Crippen LogP contribution in [0.3, 0.4) is 0 Å². The van der Waals surface area contributed by atoms with Crippen LogP contribution < -0.4 is 10.9 Å². The highest BCUT2D eigenvalue weighted by Gasteiger charge is 2.14.